The molecule has 7 nitrogen and oxygen atoms in total. The third kappa shape index (κ3) is 8.51. The zero-order valence-corrected chi connectivity index (χ0v) is 24.9. The molecule has 4 aliphatic rings. The molecule has 7 heteroatoms. The summed E-state index contributed by atoms with van der Waals surface area (Å²) in [7, 11) is 2.14. The summed E-state index contributed by atoms with van der Waals surface area (Å²) in [5, 5.41) is 2.06. The van der Waals surface area contributed by atoms with E-state index in [1.807, 2.05) is 11.0 Å². The lowest BCUT2D eigenvalue weighted by atomic mass is 9.85. The Morgan fingerprint density at radius 1 is 0.923 bits per heavy atom. The van der Waals surface area contributed by atoms with Crippen molar-refractivity contribution in [3.05, 3.63) is 35.9 Å². The molecule has 4 fully saturated rings. The van der Waals surface area contributed by atoms with Gasteiger partial charge < -0.3 is 14.7 Å². The Bertz CT molecular complexity index is 893. The lowest BCUT2D eigenvalue weighted by Crippen LogP contribution is -2.70. The molecule has 0 radical (unpaired) electrons. The molecule has 3 aliphatic heterocycles. The quantitative estimate of drug-likeness (QED) is 0.489. The van der Waals surface area contributed by atoms with Crippen LogP contribution in [0.5, 0.6) is 0 Å². The Labute approximate surface area is 236 Å². The highest BCUT2D eigenvalue weighted by atomic mass is 16.7. The van der Waals surface area contributed by atoms with Crippen LogP contribution in [0.1, 0.15) is 84.1 Å². The fourth-order valence-corrected chi connectivity index (χ4v) is 6.47. The van der Waals surface area contributed by atoms with Gasteiger partial charge in [-0.3, -0.25) is 14.4 Å². The van der Waals surface area contributed by atoms with E-state index in [0.717, 1.165) is 57.7 Å². The highest BCUT2D eigenvalue weighted by molar-refractivity contribution is 5.89. The summed E-state index contributed by atoms with van der Waals surface area (Å²) in [4.78, 5) is 39.5. The predicted molar refractivity (Wildman–Crippen MR) is 156 cm³/mol. The lowest BCUT2D eigenvalue weighted by Gasteiger charge is -2.52. The molecule has 3 saturated heterocycles. The van der Waals surface area contributed by atoms with Gasteiger partial charge in [0.2, 0.25) is 5.91 Å². The number of aryl methyl sites for hydroxylation is 1. The second kappa shape index (κ2) is 14.6. The number of fused-ring (bicyclic) bond motifs is 1. The third-order valence-corrected chi connectivity index (χ3v) is 8.59. The van der Waals surface area contributed by atoms with Gasteiger partial charge >= 0.3 is 0 Å². The van der Waals surface area contributed by atoms with Crippen molar-refractivity contribution < 1.29 is 14.4 Å². The fourth-order valence-electron chi connectivity index (χ4n) is 6.47. The van der Waals surface area contributed by atoms with Gasteiger partial charge in [0.1, 0.15) is 12.7 Å². The second-order valence-corrected chi connectivity index (χ2v) is 12.8. The Morgan fingerprint density at radius 3 is 2.26 bits per heavy atom. The van der Waals surface area contributed by atoms with Gasteiger partial charge in [0.15, 0.2) is 6.10 Å². The molecule has 39 heavy (non-hydrogen) atoms. The van der Waals surface area contributed by atoms with E-state index in [9.17, 15) is 9.59 Å². The van der Waals surface area contributed by atoms with Crippen LogP contribution in [0, 0.1) is 11.8 Å². The first-order valence-corrected chi connectivity index (χ1v) is 15.6. The van der Waals surface area contributed by atoms with E-state index in [2.05, 4.69) is 66.9 Å². The summed E-state index contributed by atoms with van der Waals surface area (Å²) in [6.07, 6.45) is 10.3. The number of rotatable bonds is 7. The maximum atomic E-state index is 13.5. The molecule has 218 valence electrons. The molecule has 3 heterocycles. The molecule has 0 bridgehead atoms. The average molecular weight is 541 g/mol. The van der Waals surface area contributed by atoms with Crippen LogP contribution in [0.2, 0.25) is 0 Å². The van der Waals surface area contributed by atoms with Crippen LogP contribution >= 0.6 is 0 Å². The predicted octanol–water partition coefficient (Wildman–Crippen LogP) is 4.96. The Kier molecular flexibility index (Phi) is 11.2. The summed E-state index contributed by atoms with van der Waals surface area (Å²) in [5.74, 6) is 1.51. The molecule has 5 rings (SSSR count). The number of carbonyl (C=O) groups excluding carboxylic acids is 2. The van der Waals surface area contributed by atoms with Crippen LogP contribution in [-0.4, -0.2) is 89.7 Å². The third-order valence-electron chi connectivity index (χ3n) is 8.59. The van der Waals surface area contributed by atoms with Crippen molar-refractivity contribution in [3.8, 4) is 0 Å². The summed E-state index contributed by atoms with van der Waals surface area (Å²) in [6, 6.07) is 10.8. The first-order valence-electron chi connectivity index (χ1n) is 15.6. The lowest BCUT2D eigenvalue weighted by molar-refractivity contribution is -0.284. The van der Waals surface area contributed by atoms with E-state index in [0.29, 0.717) is 12.5 Å². The number of hydroxylamine groups is 2. The smallest absolute Gasteiger partial charge is 0.255 e. The molecular weight excluding hydrogens is 488 g/mol. The number of amides is 2. The first-order chi connectivity index (χ1) is 18.8. The Hall–Kier alpha value is -1.96. The summed E-state index contributed by atoms with van der Waals surface area (Å²) in [6.45, 7) is 10.0. The van der Waals surface area contributed by atoms with Crippen LogP contribution in [0.3, 0.4) is 0 Å². The number of benzene rings is 1. The molecule has 1 aliphatic carbocycles. The molecule has 0 spiro atoms. The van der Waals surface area contributed by atoms with Gasteiger partial charge in [0.05, 0.1) is 6.54 Å². The maximum Gasteiger partial charge on any atom is 0.255 e. The SMILES string of the molecule is CC(C)C.CN1CCC(N2CC3N(CCCc4ccccc4)OC(CC4CCCCC4)C(=O)N3CC2=O)CC1. The number of hydrogen-bond donors (Lipinski definition) is 0. The van der Waals surface area contributed by atoms with E-state index in [1.165, 1.54) is 37.7 Å². The highest BCUT2D eigenvalue weighted by Gasteiger charge is 2.48. The van der Waals surface area contributed by atoms with E-state index in [4.69, 9.17) is 4.84 Å². The molecule has 2 amide bonds. The minimum atomic E-state index is -0.450. The van der Waals surface area contributed by atoms with Crippen molar-refractivity contribution in [1.29, 1.82) is 0 Å². The number of hydrogen-bond acceptors (Lipinski definition) is 5. The van der Waals surface area contributed by atoms with Crippen molar-refractivity contribution in [2.75, 3.05) is 39.8 Å². The number of piperidine rings is 1. The van der Waals surface area contributed by atoms with Crippen LogP contribution in [0.25, 0.3) is 0 Å². The van der Waals surface area contributed by atoms with E-state index >= 15 is 0 Å². The molecule has 2 unspecified atom stereocenters. The summed E-state index contributed by atoms with van der Waals surface area (Å²) >= 11 is 0. The van der Waals surface area contributed by atoms with Crippen molar-refractivity contribution in [3.63, 3.8) is 0 Å². The summed E-state index contributed by atoms with van der Waals surface area (Å²) in [5.41, 5.74) is 1.32. The first kappa shape index (κ1) is 30.0. The van der Waals surface area contributed by atoms with Crippen molar-refractivity contribution in [2.45, 2.75) is 103 Å². The standard InChI is InChI=1S/C28H42N4O3.C4H10/c1-29-17-14-24(15-18-29)30-20-26-31(21-27(30)33)28(34)25(19-23-11-6-3-7-12-23)35-32(26)16-8-13-22-9-4-2-5-10-22;1-4(2)3/h2,4-5,9-10,23-26H,3,6-8,11-21H2,1H3;4H,1-3H3. The van der Waals surface area contributed by atoms with Crippen LogP contribution in [0.15, 0.2) is 30.3 Å². The minimum Gasteiger partial charge on any atom is -0.335 e. The zero-order valence-electron chi connectivity index (χ0n) is 24.9. The van der Waals surface area contributed by atoms with E-state index in [-0.39, 0.29) is 30.6 Å². The van der Waals surface area contributed by atoms with Gasteiger partial charge in [-0.2, -0.15) is 5.06 Å². The normalized spacial score (nSPS) is 26.0. The van der Waals surface area contributed by atoms with E-state index in [1.54, 1.807) is 0 Å². The number of carbonyl (C=O) groups is 2. The molecule has 1 aromatic carbocycles. The van der Waals surface area contributed by atoms with Crippen LogP contribution in [0.4, 0.5) is 0 Å². The largest absolute Gasteiger partial charge is 0.335 e. The van der Waals surface area contributed by atoms with Crippen molar-refractivity contribution >= 4 is 11.8 Å². The molecule has 0 aromatic heterocycles. The maximum absolute atomic E-state index is 13.5. The second-order valence-electron chi connectivity index (χ2n) is 12.8. The molecule has 0 N–H and O–H groups in total. The van der Waals surface area contributed by atoms with Gasteiger partial charge in [-0.05, 0) is 69.6 Å². The minimum absolute atomic E-state index is 0.0243. The van der Waals surface area contributed by atoms with Crippen LogP contribution < -0.4 is 0 Å². The van der Waals surface area contributed by atoms with Crippen LogP contribution in [-0.2, 0) is 20.8 Å². The van der Waals surface area contributed by atoms with Gasteiger partial charge in [-0.15, -0.1) is 0 Å². The summed E-state index contributed by atoms with van der Waals surface area (Å²) < 4.78 is 0. The molecular formula is C32H52N4O3. The molecule has 1 aromatic rings. The molecule has 1 saturated carbocycles. The van der Waals surface area contributed by atoms with Gasteiger partial charge in [0.25, 0.3) is 5.91 Å². The van der Waals surface area contributed by atoms with Gasteiger partial charge in [0, 0.05) is 12.6 Å². The topological polar surface area (TPSA) is 56.3 Å². The number of likely N-dealkylation sites (tertiary alicyclic amines) is 1. The van der Waals surface area contributed by atoms with Gasteiger partial charge in [-0.25, -0.2) is 0 Å². The van der Waals surface area contributed by atoms with Crippen molar-refractivity contribution in [2.24, 2.45) is 11.8 Å². The number of piperazine rings is 1. The van der Waals surface area contributed by atoms with Gasteiger partial charge in [-0.1, -0.05) is 83.2 Å². The van der Waals surface area contributed by atoms with E-state index < -0.39 is 6.10 Å². The number of nitrogens with zero attached hydrogens (tertiary/aromatic N) is 4. The zero-order chi connectivity index (χ0) is 27.8. The molecule has 2 atom stereocenters. The average Bonchev–Trinajstić information content (AvgIpc) is 2.92. The monoisotopic (exact) mass is 540 g/mol. The highest BCUT2D eigenvalue weighted by Crippen LogP contribution is 2.33. The van der Waals surface area contributed by atoms with Crippen molar-refractivity contribution in [1.82, 2.24) is 19.8 Å². The Balaban J connectivity index is 0.000000826. The Morgan fingerprint density at radius 2 is 1.59 bits per heavy atom. The fraction of sp³-hybridized carbons (Fsp3) is 0.750.